The second kappa shape index (κ2) is 11.8. The van der Waals surface area contributed by atoms with Crippen LogP contribution < -0.4 is 38.1 Å². The van der Waals surface area contributed by atoms with Crippen LogP contribution in [0.2, 0.25) is 0 Å². The van der Waals surface area contributed by atoms with Gasteiger partial charge in [-0.2, -0.15) is 5.10 Å². The van der Waals surface area contributed by atoms with Crippen LogP contribution in [0.15, 0.2) is 89.6 Å². The van der Waals surface area contributed by atoms with Gasteiger partial charge in [0.15, 0.2) is 0 Å². The summed E-state index contributed by atoms with van der Waals surface area (Å²) < 4.78 is 0. The highest BCUT2D eigenvalue weighted by molar-refractivity contribution is 6.09. The first-order valence-corrected chi connectivity index (χ1v) is 11.0. The van der Waals surface area contributed by atoms with E-state index in [4.69, 9.17) is 17.2 Å². The van der Waals surface area contributed by atoms with Gasteiger partial charge in [0.1, 0.15) is 0 Å². The number of anilines is 4. The molecule has 0 unspecified atom stereocenters. The molecule has 10 nitrogen and oxygen atoms in total. The van der Waals surface area contributed by atoms with Gasteiger partial charge in [0.25, 0.3) is 0 Å². The zero-order valence-electron chi connectivity index (χ0n) is 20.2. The first kappa shape index (κ1) is 25.5. The number of rotatable bonds is 8. The monoisotopic (exact) mass is 484 g/mol. The van der Waals surface area contributed by atoms with Crippen molar-refractivity contribution in [3.63, 3.8) is 0 Å². The third-order valence-corrected chi connectivity index (χ3v) is 5.11. The van der Waals surface area contributed by atoms with E-state index in [-0.39, 0.29) is 12.0 Å². The van der Waals surface area contributed by atoms with Gasteiger partial charge < -0.3 is 33.2 Å². The molecular weight excluding hydrogens is 454 g/mol. The fourth-order valence-corrected chi connectivity index (χ4v) is 3.30. The molecule has 0 radical (unpaired) electrons. The Balaban J connectivity index is 1.66. The molecule has 0 aliphatic heterocycles. The minimum atomic E-state index is -0.369. The smallest absolute Gasteiger partial charge is 0.323 e. The van der Waals surface area contributed by atoms with E-state index in [1.807, 2.05) is 49.5 Å². The number of urea groups is 1. The molecular formula is C26H30N9O+. The van der Waals surface area contributed by atoms with Crippen molar-refractivity contribution in [3.05, 3.63) is 90.5 Å². The Kier molecular flexibility index (Phi) is 8.39. The van der Waals surface area contributed by atoms with Gasteiger partial charge in [0.2, 0.25) is 17.4 Å². The minimum Gasteiger partial charge on any atom is -0.399 e. The number of nitrogen functional groups attached to an aromatic ring is 1. The van der Waals surface area contributed by atoms with Gasteiger partial charge in [-0.05, 0) is 55.0 Å². The van der Waals surface area contributed by atoms with Gasteiger partial charge in [0.05, 0.1) is 11.3 Å². The quantitative estimate of drug-likeness (QED) is 0.112. The molecule has 3 rings (SSSR count). The molecule has 0 aliphatic rings. The van der Waals surface area contributed by atoms with E-state index in [9.17, 15) is 4.79 Å². The average Bonchev–Trinajstić information content (AvgIpc) is 2.87. The van der Waals surface area contributed by atoms with Crippen LogP contribution in [0.25, 0.3) is 0 Å². The number of benzene rings is 3. The maximum atomic E-state index is 12.4. The van der Waals surface area contributed by atoms with Crippen LogP contribution in [-0.2, 0) is 0 Å². The maximum Gasteiger partial charge on any atom is 0.323 e. The summed E-state index contributed by atoms with van der Waals surface area (Å²) in [6.07, 6.45) is 1.73. The lowest BCUT2D eigenvalue weighted by Crippen LogP contribution is -2.66. The zero-order valence-corrected chi connectivity index (χ0v) is 20.2. The van der Waals surface area contributed by atoms with E-state index in [0.29, 0.717) is 22.8 Å². The number of allylic oxidation sites excluding steroid dienone is 1. The minimum absolute atomic E-state index is 0.114. The molecule has 3 aromatic rings. The largest absolute Gasteiger partial charge is 0.399 e. The summed E-state index contributed by atoms with van der Waals surface area (Å²) in [6, 6.07) is 19.7. The van der Waals surface area contributed by atoms with Gasteiger partial charge in [0, 0.05) is 48.0 Å². The number of nitrogens with zero attached hydrogens (tertiary/aromatic N) is 2. The molecule has 0 fully saturated rings. The topological polar surface area (TPSA) is 170 Å². The SMILES string of the molecule is C=CC(=[NH+]c1ccc(NC(=O)Nc2ccc(/C(C)=N/N=C(N)N)cc2)cc1)c1cc(N)ccc1NC. The van der Waals surface area contributed by atoms with Crippen LogP contribution in [0.1, 0.15) is 18.1 Å². The van der Waals surface area contributed by atoms with Gasteiger partial charge in [-0.1, -0.05) is 18.7 Å². The van der Waals surface area contributed by atoms with Crippen molar-refractivity contribution in [2.24, 2.45) is 21.7 Å². The van der Waals surface area contributed by atoms with Crippen molar-refractivity contribution in [1.29, 1.82) is 0 Å². The summed E-state index contributed by atoms with van der Waals surface area (Å²) in [5, 5.41) is 16.3. The second-order valence-electron chi connectivity index (χ2n) is 7.74. The number of carbonyl (C=O) groups is 1. The summed E-state index contributed by atoms with van der Waals surface area (Å²) >= 11 is 0. The predicted octanol–water partition coefficient (Wildman–Crippen LogP) is 2.34. The van der Waals surface area contributed by atoms with Crippen LogP contribution in [0.4, 0.5) is 33.2 Å². The number of nitrogens with two attached hydrogens (primary N) is 3. The molecule has 0 atom stereocenters. The molecule has 36 heavy (non-hydrogen) atoms. The third-order valence-electron chi connectivity index (χ3n) is 5.11. The molecule has 10 N–H and O–H groups in total. The van der Waals surface area contributed by atoms with E-state index in [0.717, 1.165) is 28.2 Å². The lowest BCUT2D eigenvalue weighted by atomic mass is 10.1. The lowest BCUT2D eigenvalue weighted by Gasteiger charge is -2.09. The molecule has 2 amide bonds. The Hall–Kier alpha value is -5.12. The Morgan fingerprint density at radius 3 is 2.11 bits per heavy atom. The summed E-state index contributed by atoms with van der Waals surface area (Å²) in [4.78, 5) is 15.8. The summed E-state index contributed by atoms with van der Waals surface area (Å²) in [6.45, 7) is 5.69. The Labute approximate surface area is 209 Å². The molecule has 0 saturated carbocycles. The van der Waals surface area contributed by atoms with Crippen molar-refractivity contribution in [2.45, 2.75) is 6.92 Å². The molecule has 0 heterocycles. The number of carbonyl (C=O) groups excluding carboxylic acids is 1. The number of hydrogen-bond acceptors (Lipinski definition) is 5. The molecule has 0 aliphatic carbocycles. The summed E-state index contributed by atoms with van der Waals surface area (Å²) in [5.74, 6) is -0.114. The van der Waals surface area contributed by atoms with Crippen molar-refractivity contribution >= 4 is 51.9 Å². The third kappa shape index (κ3) is 6.94. The van der Waals surface area contributed by atoms with Crippen molar-refractivity contribution < 1.29 is 9.79 Å². The Morgan fingerprint density at radius 1 is 0.944 bits per heavy atom. The van der Waals surface area contributed by atoms with Crippen LogP contribution in [0.5, 0.6) is 0 Å². The van der Waals surface area contributed by atoms with Crippen LogP contribution in [-0.4, -0.2) is 30.5 Å². The highest BCUT2D eigenvalue weighted by atomic mass is 16.2. The lowest BCUT2D eigenvalue weighted by molar-refractivity contribution is -0.351. The zero-order chi connectivity index (χ0) is 26.1. The highest BCUT2D eigenvalue weighted by Gasteiger charge is 2.13. The molecule has 0 aromatic heterocycles. The molecule has 0 bridgehead atoms. The molecule has 184 valence electrons. The first-order valence-electron chi connectivity index (χ1n) is 11.0. The highest BCUT2D eigenvalue weighted by Crippen LogP contribution is 2.19. The Morgan fingerprint density at radius 2 is 1.56 bits per heavy atom. The number of amides is 2. The van der Waals surface area contributed by atoms with Gasteiger partial charge in [-0.25, -0.2) is 9.79 Å². The van der Waals surface area contributed by atoms with Crippen LogP contribution >= 0.6 is 0 Å². The average molecular weight is 485 g/mol. The normalized spacial score (nSPS) is 11.4. The van der Waals surface area contributed by atoms with Crippen molar-refractivity contribution in [3.8, 4) is 0 Å². The van der Waals surface area contributed by atoms with Crippen molar-refractivity contribution in [2.75, 3.05) is 28.7 Å². The second-order valence-corrected chi connectivity index (χ2v) is 7.74. The fraction of sp³-hybridized carbons (Fsp3) is 0.0769. The van der Waals surface area contributed by atoms with E-state index < -0.39 is 0 Å². The van der Waals surface area contributed by atoms with Gasteiger partial charge >= 0.3 is 6.03 Å². The van der Waals surface area contributed by atoms with E-state index in [2.05, 4.69) is 37.7 Å². The van der Waals surface area contributed by atoms with Gasteiger partial charge in [-0.15, -0.1) is 5.10 Å². The predicted molar refractivity (Wildman–Crippen MR) is 149 cm³/mol. The molecule has 10 heteroatoms. The summed E-state index contributed by atoms with van der Waals surface area (Å²) in [5.41, 5.74) is 23.4. The number of hydrogen-bond donors (Lipinski definition) is 7. The molecule has 3 aromatic carbocycles. The van der Waals surface area contributed by atoms with Crippen molar-refractivity contribution in [1.82, 2.24) is 0 Å². The maximum absolute atomic E-state index is 12.4. The van der Waals surface area contributed by atoms with Crippen LogP contribution in [0, 0.1) is 0 Å². The van der Waals surface area contributed by atoms with E-state index in [1.54, 1.807) is 37.3 Å². The van der Waals surface area contributed by atoms with E-state index in [1.165, 1.54) is 0 Å². The summed E-state index contributed by atoms with van der Waals surface area (Å²) in [7, 11) is 1.85. The standard InChI is InChI=1S/C26H29N9O/c1-4-23(22-15-18(27)7-14-24(22)30-3)31-19-10-12-21(13-11-19)33-26(36)32-20-8-5-17(6-9-20)16(2)34-35-25(28)29/h4-15,30H,1,27H2,2-3H3,(H4,28,29,35)(H2,32,33,36)/p+1/b31-23?,34-16+. The Bertz CT molecular complexity index is 1320. The number of nitrogens with one attached hydrogen (secondary N) is 4. The first-order chi connectivity index (χ1) is 17.3. The van der Waals surface area contributed by atoms with Gasteiger partial charge in [-0.3, -0.25) is 0 Å². The fourth-order valence-electron chi connectivity index (χ4n) is 3.30. The molecule has 0 saturated heterocycles. The molecule has 0 spiro atoms. The van der Waals surface area contributed by atoms with E-state index >= 15 is 0 Å². The van der Waals surface area contributed by atoms with Crippen LogP contribution in [0.3, 0.4) is 0 Å². The number of guanidine groups is 1.